The van der Waals surface area contributed by atoms with Crippen molar-refractivity contribution in [3.05, 3.63) is 69.1 Å². The molecule has 29 heavy (non-hydrogen) atoms. The van der Waals surface area contributed by atoms with Gasteiger partial charge in [-0.25, -0.2) is 4.39 Å². The van der Waals surface area contributed by atoms with Crippen LogP contribution in [0.25, 0.3) is 0 Å². The molecule has 0 spiro atoms. The van der Waals surface area contributed by atoms with E-state index in [1.165, 1.54) is 12.1 Å². The Hall–Kier alpha value is -2.51. The molecular formula is C20H20Cl2FN3O3. The summed E-state index contributed by atoms with van der Waals surface area (Å²) in [6, 6.07) is 7.07. The summed E-state index contributed by atoms with van der Waals surface area (Å²) in [6.07, 6.45) is 0.698. The van der Waals surface area contributed by atoms with Gasteiger partial charge in [0.25, 0.3) is 5.91 Å². The number of nitrogens with zero attached hydrogens (tertiary/aromatic N) is 2. The number of amides is 1. The predicted octanol–water partition coefficient (Wildman–Crippen LogP) is 4.94. The molecular weight excluding hydrogens is 420 g/mol. The average molecular weight is 440 g/mol. The Bertz CT molecular complexity index is 1020. The molecule has 1 amide bonds. The van der Waals surface area contributed by atoms with Gasteiger partial charge in [0, 0.05) is 13.1 Å². The van der Waals surface area contributed by atoms with E-state index in [4.69, 9.17) is 32.4 Å². The molecule has 154 valence electrons. The van der Waals surface area contributed by atoms with Gasteiger partial charge in [-0.2, -0.15) is 5.10 Å². The molecule has 1 aromatic carbocycles. The van der Waals surface area contributed by atoms with Crippen molar-refractivity contribution in [2.75, 3.05) is 6.54 Å². The third kappa shape index (κ3) is 5.31. The molecule has 0 fully saturated rings. The first-order valence-corrected chi connectivity index (χ1v) is 9.75. The fraction of sp³-hybridized carbons (Fsp3) is 0.300. The number of aryl methyl sites for hydroxylation is 2. The van der Waals surface area contributed by atoms with E-state index in [0.29, 0.717) is 36.0 Å². The topological polar surface area (TPSA) is 69.3 Å². The number of benzene rings is 1. The maximum atomic E-state index is 13.1. The highest BCUT2D eigenvalue weighted by Crippen LogP contribution is 2.26. The first-order valence-electron chi connectivity index (χ1n) is 8.99. The van der Waals surface area contributed by atoms with Gasteiger partial charge in [-0.3, -0.25) is 9.48 Å². The zero-order chi connectivity index (χ0) is 21.0. The van der Waals surface area contributed by atoms with Gasteiger partial charge in [-0.05, 0) is 50.6 Å². The molecule has 0 bridgehead atoms. The van der Waals surface area contributed by atoms with E-state index in [1.807, 2.05) is 18.5 Å². The van der Waals surface area contributed by atoms with Crippen LogP contribution in [0, 0.1) is 19.7 Å². The number of furan rings is 1. The predicted molar refractivity (Wildman–Crippen MR) is 108 cm³/mol. The van der Waals surface area contributed by atoms with Gasteiger partial charge in [0.15, 0.2) is 5.76 Å². The molecule has 0 atom stereocenters. The van der Waals surface area contributed by atoms with Crippen molar-refractivity contribution in [3.63, 3.8) is 0 Å². The second-order valence-electron chi connectivity index (χ2n) is 6.45. The second-order valence-corrected chi connectivity index (χ2v) is 7.23. The number of aromatic nitrogens is 2. The second kappa shape index (κ2) is 9.33. The fourth-order valence-electron chi connectivity index (χ4n) is 2.73. The van der Waals surface area contributed by atoms with Gasteiger partial charge in [-0.1, -0.05) is 23.2 Å². The molecule has 9 heteroatoms. The Balaban J connectivity index is 1.45. The van der Waals surface area contributed by atoms with Crippen molar-refractivity contribution >= 4 is 29.1 Å². The zero-order valence-electron chi connectivity index (χ0n) is 16.0. The van der Waals surface area contributed by atoms with Gasteiger partial charge in [0.05, 0.1) is 21.4 Å². The van der Waals surface area contributed by atoms with Crippen LogP contribution in [0.15, 0.2) is 34.7 Å². The molecule has 2 heterocycles. The number of hydrogen-bond acceptors (Lipinski definition) is 4. The van der Waals surface area contributed by atoms with Crippen molar-refractivity contribution in [3.8, 4) is 5.75 Å². The molecule has 1 N–H and O–H groups in total. The standard InChI is InChI=1S/C20H20Cl2FN3O3/c1-12-19(22)13(2)26(25-12)9-3-8-24-20(27)18-7-5-15(29-18)11-28-17-6-4-14(23)10-16(17)21/h4-7,10H,3,8-9,11H2,1-2H3,(H,24,27). The molecule has 0 radical (unpaired) electrons. The van der Waals surface area contributed by atoms with Crippen LogP contribution in [0.1, 0.15) is 34.1 Å². The van der Waals surface area contributed by atoms with Crippen LogP contribution < -0.4 is 10.1 Å². The van der Waals surface area contributed by atoms with E-state index in [-0.39, 0.29) is 23.3 Å². The summed E-state index contributed by atoms with van der Waals surface area (Å²) in [4.78, 5) is 12.2. The van der Waals surface area contributed by atoms with Crippen molar-refractivity contribution in [2.24, 2.45) is 0 Å². The van der Waals surface area contributed by atoms with Crippen LogP contribution in [0.5, 0.6) is 5.75 Å². The van der Waals surface area contributed by atoms with E-state index in [0.717, 1.165) is 17.5 Å². The Kier molecular flexibility index (Phi) is 6.82. The molecule has 0 unspecified atom stereocenters. The van der Waals surface area contributed by atoms with Crippen LogP contribution in [-0.4, -0.2) is 22.2 Å². The summed E-state index contributed by atoms with van der Waals surface area (Å²) >= 11 is 12.0. The third-order valence-corrected chi connectivity index (χ3v) is 5.12. The highest BCUT2D eigenvalue weighted by atomic mass is 35.5. The molecule has 0 saturated carbocycles. The largest absolute Gasteiger partial charge is 0.484 e. The summed E-state index contributed by atoms with van der Waals surface area (Å²) in [5.41, 5.74) is 1.70. The van der Waals surface area contributed by atoms with Gasteiger partial charge in [0.1, 0.15) is 23.9 Å². The van der Waals surface area contributed by atoms with Gasteiger partial charge < -0.3 is 14.5 Å². The first kappa shape index (κ1) is 21.2. The van der Waals surface area contributed by atoms with E-state index in [9.17, 15) is 9.18 Å². The van der Waals surface area contributed by atoms with Gasteiger partial charge in [0.2, 0.25) is 0 Å². The lowest BCUT2D eigenvalue weighted by Gasteiger charge is -2.07. The summed E-state index contributed by atoms with van der Waals surface area (Å²) < 4.78 is 25.9. The third-order valence-electron chi connectivity index (χ3n) is 4.27. The minimum absolute atomic E-state index is 0.0668. The van der Waals surface area contributed by atoms with E-state index >= 15 is 0 Å². The van der Waals surface area contributed by atoms with Crippen LogP contribution in [0.2, 0.25) is 10.0 Å². The first-order chi connectivity index (χ1) is 13.8. The minimum Gasteiger partial charge on any atom is -0.484 e. The molecule has 3 aromatic rings. The number of halogens is 3. The molecule has 2 aromatic heterocycles. The Labute approximate surface area is 177 Å². The monoisotopic (exact) mass is 439 g/mol. The van der Waals surface area contributed by atoms with Gasteiger partial charge in [-0.15, -0.1) is 0 Å². The number of rotatable bonds is 8. The molecule has 3 rings (SSSR count). The van der Waals surface area contributed by atoms with E-state index in [2.05, 4.69) is 10.4 Å². The SMILES string of the molecule is Cc1nn(CCCNC(=O)c2ccc(COc3ccc(F)cc3Cl)o2)c(C)c1Cl. The highest BCUT2D eigenvalue weighted by Gasteiger charge is 2.13. The van der Waals surface area contributed by atoms with Gasteiger partial charge >= 0.3 is 0 Å². The molecule has 0 saturated heterocycles. The normalized spacial score (nSPS) is 10.9. The highest BCUT2D eigenvalue weighted by molar-refractivity contribution is 6.32. The molecule has 0 aliphatic rings. The quantitative estimate of drug-likeness (QED) is 0.504. The average Bonchev–Trinajstić information content (AvgIpc) is 3.25. The number of carbonyl (C=O) groups is 1. The number of carbonyl (C=O) groups excluding carboxylic acids is 1. The Morgan fingerprint density at radius 2 is 2.07 bits per heavy atom. The molecule has 6 nitrogen and oxygen atoms in total. The fourth-order valence-corrected chi connectivity index (χ4v) is 3.09. The maximum absolute atomic E-state index is 13.1. The Morgan fingerprint density at radius 1 is 1.28 bits per heavy atom. The lowest BCUT2D eigenvalue weighted by molar-refractivity contribution is 0.0920. The zero-order valence-corrected chi connectivity index (χ0v) is 17.5. The summed E-state index contributed by atoms with van der Waals surface area (Å²) in [5, 5.41) is 7.99. The number of ether oxygens (including phenoxy) is 1. The van der Waals surface area contributed by atoms with Crippen molar-refractivity contribution in [2.45, 2.75) is 33.4 Å². The van der Waals surface area contributed by atoms with E-state index in [1.54, 1.807) is 12.1 Å². The van der Waals surface area contributed by atoms with Crippen molar-refractivity contribution < 1.29 is 18.3 Å². The summed E-state index contributed by atoms with van der Waals surface area (Å²) in [6.45, 7) is 4.95. The lowest BCUT2D eigenvalue weighted by Crippen LogP contribution is -2.25. The minimum atomic E-state index is -0.444. The maximum Gasteiger partial charge on any atom is 0.286 e. The summed E-state index contributed by atoms with van der Waals surface area (Å²) in [5.74, 6) is 0.207. The molecule has 0 aliphatic heterocycles. The molecule has 0 aliphatic carbocycles. The number of nitrogens with one attached hydrogen (secondary N) is 1. The van der Waals surface area contributed by atoms with Crippen molar-refractivity contribution in [1.29, 1.82) is 0 Å². The van der Waals surface area contributed by atoms with Crippen LogP contribution in [-0.2, 0) is 13.2 Å². The van der Waals surface area contributed by atoms with Crippen molar-refractivity contribution in [1.82, 2.24) is 15.1 Å². The number of hydrogen-bond donors (Lipinski definition) is 1. The Morgan fingerprint density at radius 3 is 2.76 bits per heavy atom. The van der Waals surface area contributed by atoms with E-state index < -0.39 is 5.82 Å². The van der Waals surface area contributed by atoms with Crippen LogP contribution >= 0.6 is 23.2 Å². The van der Waals surface area contributed by atoms with Crippen LogP contribution in [0.3, 0.4) is 0 Å². The lowest BCUT2D eigenvalue weighted by atomic mass is 10.3. The van der Waals surface area contributed by atoms with Crippen LogP contribution in [0.4, 0.5) is 4.39 Å². The summed E-state index contributed by atoms with van der Waals surface area (Å²) in [7, 11) is 0. The smallest absolute Gasteiger partial charge is 0.286 e.